The lowest BCUT2D eigenvalue weighted by Gasteiger charge is -2.27. The van der Waals surface area contributed by atoms with Crippen LogP contribution in [0.5, 0.6) is 0 Å². The third-order valence-electron chi connectivity index (χ3n) is 5.62. The Morgan fingerprint density at radius 2 is 1.40 bits per heavy atom. The number of carbonyl (C=O) groups is 1. The first-order valence-electron chi connectivity index (χ1n) is 11.9. The van der Waals surface area contributed by atoms with Crippen LogP contribution in [-0.2, 0) is 4.74 Å². The molecule has 0 aliphatic heterocycles. The van der Waals surface area contributed by atoms with Crippen LogP contribution in [0.15, 0.2) is 30.3 Å². The zero-order chi connectivity index (χ0) is 22.0. The lowest BCUT2D eigenvalue weighted by atomic mass is 9.99. The molecule has 1 rings (SSSR count). The average Bonchev–Trinajstić information content (AvgIpc) is 2.77. The number of esters is 1. The van der Waals surface area contributed by atoms with Crippen LogP contribution in [0.25, 0.3) is 0 Å². The van der Waals surface area contributed by atoms with E-state index in [4.69, 9.17) is 10.5 Å². The van der Waals surface area contributed by atoms with Gasteiger partial charge in [0, 0.05) is 0 Å². The van der Waals surface area contributed by atoms with Gasteiger partial charge in [0.25, 0.3) is 0 Å². The van der Waals surface area contributed by atoms with Gasteiger partial charge in [0.2, 0.25) is 0 Å². The molecule has 0 fully saturated rings. The van der Waals surface area contributed by atoms with Gasteiger partial charge < -0.3 is 20.7 Å². The molecule has 5 heteroatoms. The SMILES string of the molecule is CCCCCCCCCCCCCC[C@@H](O)[C@@H](OC(=O)c1ccccc1)[C@@H](N)CO. The molecule has 0 aliphatic rings. The maximum atomic E-state index is 12.3. The summed E-state index contributed by atoms with van der Waals surface area (Å²) in [4.78, 5) is 12.3. The van der Waals surface area contributed by atoms with Gasteiger partial charge in [-0.25, -0.2) is 4.79 Å². The first-order valence-corrected chi connectivity index (χ1v) is 11.9. The average molecular weight is 422 g/mol. The molecule has 172 valence electrons. The van der Waals surface area contributed by atoms with Crippen molar-refractivity contribution in [1.29, 1.82) is 0 Å². The summed E-state index contributed by atoms with van der Waals surface area (Å²) < 4.78 is 5.43. The van der Waals surface area contributed by atoms with Crippen LogP contribution in [0.3, 0.4) is 0 Å². The van der Waals surface area contributed by atoms with Crippen molar-refractivity contribution in [3.63, 3.8) is 0 Å². The number of ether oxygens (including phenoxy) is 1. The molecule has 4 N–H and O–H groups in total. The van der Waals surface area contributed by atoms with Crippen LogP contribution in [0.4, 0.5) is 0 Å². The number of unbranched alkanes of at least 4 members (excludes halogenated alkanes) is 11. The van der Waals surface area contributed by atoms with Gasteiger partial charge in [-0.3, -0.25) is 0 Å². The molecule has 0 spiro atoms. The number of nitrogens with two attached hydrogens (primary N) is 1. The van der Waals surface area contributed by atoms with E-state index in [0.717, 1.165) is 19.3 Å². The molecule has 0 aromatic heterocycles. The molecule has 1 aromatic rings. The summed E-state index contributed by atoms with van der Waals surface area (Å²) in [5, 5.41) is 19.9. The van der Waals surface area contributed by atoms with Crippen molar-refractivity contribution in [2.75, 3.05) is 6.61 Å². The normalized spacial score (nSPS) is 14.3. The van der Waals surface area contributed by atoms with E-state index in [9.17, 15) is 15.0 Å². The summed E-state index contributed by atoms with van der Waals surface area (Å²) in [5.74, 6) is -0.529. The van der Waals surface area contributed by atoms with Crippen LogP contribution < -0.4 is 5.73 Å². The zero-order valence-electron chi connectivity index (χ0n) is 18.8. The highest BCUT2D eigenvalue weighted by molar-refractivity contribution is 5.89. The number of rotatable bonds is 18. The molecule has 1 aromatic carbocycles. The summed E-state index contributed by atoms with van der Waals surface area (Å²) in [6.07, 6.45) is 13.7. The largest absolute Gasteiger partial charge is 0.454 e. The van der Waals surface area contributed by atoms with Crippen molar-refractivity contribution in [1.82, 2.24) is 0 Å². The molecule has 0 saturated heterocycles. The number of benzene rings is 1. The second-order valence-corrected chi connectivity index (χ2v) is 8.33. The van der Waals surface area contributed by atoms with Gasteiger partial charge in [-0.05, 0) is 18.6 Å². The topological polar surface area (TPSA) is 92.8 Å². The van der Waals surface area contributed by atoms with Gasteiger partial charge in [0.1, 0.15) is 6.10 Å². The summed E-state index contributed by atoms with van der Waals surface area (Å²) in [7, 11) is 0. The van der Waals surface area contributed by atoms with E-state index in [1.807, 2.05) is 6.07 Å². The summed E-state index contributed by atoms with van der Waals surface area (Å²) in [6, 6.07) is 7.82. The van der Waals surface area contributed by atoms with Gasteiger partial charge in [0.15, 0.2) is 0 Å². The highest BCUT2D eigenvalue weighted by Crippen LogP contribution is 2.16. The van der Waals surface area contributed by atoms with Crippen molar-refractivity contribution in [2.45, 2.75) is 109 Å². The summed E-state index contributed by atoms with van der Waals surface area (Å²) in [6.45, 7) is 1.90. The van der Waals surface area contributed by atoms with Gasteiger partial charge in [-0.1, -0.05) is 102 Å². The molecule has 0 aliphatic carbocycles. The minimum Gasteiger partial charge on any atom is -0.454 e. The quantitative estimate of drug-likeness (QED) is 0.229. The van der Waals surface area contributed by atoms with E-state index in [0.29, 0.717) is 12.0 Å². The van der Waals surface area contributed by atoms with E-state index in [1.165, 1.54) is 57.8 Å². The van der Waals surface area contributed by atoms with Gasteiger partial charge >= 0.3 is 5.97 Å². The minimum atomic E-state index is -0.907. The molecule has 0 bridgehead atoms. The molecule has 0 saturated carbocycles. The van der Waals surface area contributed by atoms with E-state index in [-0.39, 0.29) is 6.61 Å². The Hall–Kier alpha value is -1.43. The number of carbonyl (C=O) groups excluding carboxylic acids is 1. The Balaban J connectivity index is 2.20. The second-order valence-electron chi connectivity index (χ2n) is 8.33. The van der Waals surface area contributed by atoms with E-state index < -0.39 is 24.2 Å². The molecule has 0 heterocycles. The van der Waals surface area contributed by atoms with Crippen molar-refractivity contribution in [2.24, 2.45) is 5.73 Å². The van der Waals surface area contributed by atoms with Gasteiger partial charge in [0.05, 0.1) is 24.3 Å². The van der Waals surface area contributed by atoms with Gasteiger partial charge in [-0.15, -0.1) is 0 Å². The summed E-state index contributed by atoms with van der Waals surface area (Å²) >= 11 is 0. The lowest BCUT2D eigenvalue weighted by molar-refractivity contribution is -0.0385. The fraction of sp³-hybridized carbons (Fsp3) is 0.720. The third-order valence-corrected chi connectivity index (χ3v) is 5.62. The monoisotopic (exact) mass is 421 g/mol. The number of hydrogen-bond donors (Lipinski definition) is 3. The molecule has 0 radical (unpaired) electrons. The molecule has 3 atom stereocenters. The molecule has 30 heavy (non-hydrogen) atoms. The fourth-order valence-corrected chi connectivity index (χ4v) is 3.68. The van der Waals surface area contributed by atoms with Crippen LogP contribution in [-0.4, -0.2) is 41.0 Å². The third kappa shape index (κ3) is 11.7. The van der Waals surface area contributed by atoms with Crippen molar-refractivity contribution in [3.8, 4) is 0 Å². The first kappa shape index (κ1) is 26.6. The molecular weight excluding hydrogens is 378 g/mol. The van der Waals surface area contributed by atoms with Crippen LogP contribution in [0.1, 0.15) is 101 Å². The Kier molecular flexibility index (Phi) is 15.3. The van der Waals surface area contributed by atoms with E-state index in [1.54, 1.807) is 24.3 Å². The van der Waals surface area contributed by atoms with Gasteiger partial charge in [-0.2, -0.15) is 0 Å². The zero-order valence-corrected chi connectivity index (χ0v) is 18.8. The second kappa shape index (κ2) is 17.3. The van der Waals surface area contributed by atoms with E-state index >= 15 is 0 Å². The highest BCUT2D eigenvalue weighted by Gasteiger charge is 2.29. The Morgan fingerprint density at radius 3 is 1.90 bits per heavy atom. The molecule has 0 amide bonds. The predicted molar refractivity (Wildman–Crippen MR) is 122 cm³/mol. The maximum Gasteiger partial charge on any atom is 0.338 e. The number of aliphatic hydroxyl groups is 2. The molecular formula is C25H43NO4. The minimum absolute atomic E-state index is 0.345. The summed E-state index contributed by atoms with van der Waals surface area (Å²) in [5.41, 5.74) is 6.30. The van der Waals surface area contributed by atoms with Crippen molar-refractivity contribution >= 4 is 5.97 Å². The van der Waals surface area contributed by atoms with Crippen molar-refractivity contribution < 1.29 is 19.7 Å². The lowest BCUT2D eigenvalue weighted by Crippen LogP contribution is -2.48. The Morgan fingerprint density at radius 1 is 0.900 bits per heavy atom. The predicted octanol–water partition coefficient (Wildman–Crippen LogP) is 4.98. The maximum absolute atomic E-state index is 12.3. The molecule has 0 unspecified atom stereocenters. The van der Waals surface area contributed by atoms with Crippen molar-refractivity contribution in [3.05, 3.63) is 35.9 Å². The fourth-order valence-electron chi connectivity index (χ4n) is 3.68. The van der Waals surface area contributed by atoms with Crippen LogP contribution >= 0.6 is 0 Å². The first-order chi connectivity index (χ1) is 14.6. The standard InChI is InChI=1S/C25H43NO4/c1-2-3-4-5-6-7-8-9-10-11-12-16-19-23(28)24(22(26)20-27)30-25(29)21-17-14-13-15-18-21/h13-15,17-18,22-24,27-28H,2-12,16,19-20,26H2,1H3/t22-,23+,24-/m0/s1. The Labute approximate surface area is 183 Å². The van der Waals surface area contributed by atoms with Crippen LogP contribution in [0, 0.1) is 0 Å². The number of hydrogen-bond acceptors (Lipinski definition) is 5. The Bertz CT molecular complexity index is 537. The smallest absolute Gasteiger partial charge is 0.338 e. The number of aliphatic hydroxyl groups excluding tert-OH is 2. The highest BCUT2D eigenvalue weighted by atomic mass is 16.6. The van der Waals surface area contributed by atoms with Crippen LogP contribution in [0.2, 0.25) is 0 Å². The molecule has 5 nitrogen and oxygen atoms in total. The van der Waals surface area contributed by atoms with E-state index in [2.05, 4.69) is 6.92 Å².